The Balaban J connectivity index is 1.98. The summed E-state index contributed by atoms with van der Waals surface area (Å²) >= 11 is 0. The molecule has 2 rings (SSSR count). The summed E-state index contributed by atoms with van der Waals surface area (Å²) in [6, 6.07) is 9.64. The third-order valence-corrected chi connectivity index (χ3v) is 2.56. The normalized spacial score (nSPS) is 10.4. The molecule has 6 heteroatoms. The van der Waals surface area contributed by atoms with Crippen LogP contribution >= 0.6 is 0 Å². The molecular formula is C12H13N4O2-. The standard InChI is InChI=1S/C12H14N4O2/c17-11(18)8-4-5-9-16-12(13-14-15-16)10-6-2-1-3-7-10/h1-3,6-7H,4-5,8-9H2,(H,17,18)/p-1. The Morgan fingerprint density at radius 1 is 1.22 bits per heavy atom. The lowest BCUT2D eigenvalue weighted by molar-refractivity contribution is -0.305. The molecule has 94 valence electrons. The Labute approximate surface area is 104 Å². The molecule has 0 bridgehead atoms. The number of carboxylic acids is 1. The van der Waals surface area contributed by atoms with Crippen LogP contribution in [0, 0.1) is 0 Å². The molecule has 0 aliphatic rings. The highest BCUT2D eigenvalue weighted by Gasteiger charge is 2.07. The Morgan fingerprint density at radius 3 is 2.72 bits per heavy atom. The highest BCUT2D eigenvalue weighted by molar-refractivity contribution is 5.64. The zero-order valence-corrected chi connectivity index (χ0v) is 9.82. The van der Waals surface area contributed by atoms with E-state index < -0.39 is 5.97 Å². The summed E-state index contributed by atoms with van der Waals surface area (Å²) < 4.78 is 1.69. The average Bonchev–Trinajstić information content (AvgIpc) is 2.84. The van der Waals surface area contributed by atoms with E-state index in [-0.39, 0.29) is 6.42 Å². The van der Waals surface area contributed by atoms with Gasteiger partial charge in [0.15, 0.2) is 5.82 Å². The van der Waals surface area contributed by atoms with E-state index >= 15 is 0 Å². The number of carboxylic acid groups (broad SMARTS) is 1. The first-order chi connectivity index (χ1) is 8.77. The number of nitrogens with zero attached hydrogens (tertiary/aromatic N) is 4. The van der Waals surface area contributed by atoms with E-state index in [9.17, 15) is 9.90 Å². The lowest BCUT2D eigenvalue weighted by Gasteiger charge is -2.05. The predicted octanol–water partition coefficient (Wildman–Crippen LogP) is 0.260. The first-order valence-electron chi connectivity index (χ1n) is 5.79. The van der Waals surface area contributed by atoms with E-state index in [1.54, 1.807) is 4.68 Å². The number of hydrogen-bond acceptors (Lipinski definition) is 5. The first-order valence-corrected chi connectivity index (χ1v) is 5.79. The minimum atomic E-state index is -1.02. The highest BCUT2D eigenvalue weighted by Crippen LogP contribution is 2.15. The second-order valence-electron chi connectivity index (χ2n) is 3.92. The molecule has 1 heterocycles. The molecule has 0 spiro atoms. The van der Waals surface area contributed by atoms with Crippen molar-refractivity contribution in [2.24, 2.45) is 0 Å². The summed E-state index contributed by atoms with van der Waals surface area (Å²) in [5, 5.41) is 21.8. The van der Waals surface area contributed by atoms with Crippen molar-refractivity contribution < 1.29 is 9.90 Å². The maximum Gasteiger partial charge on any atom is 0.182 e. The second kappa shape index (κ2) is 5.90. The van der Waals surface area contributed by atoms with E-state index in [2.05, 4.69) is 15.5 Å². The van der Waals surface area contributed by atoms with Crippen LogP contribution in [0.25, 0.3) is 11.4 Å². The predicted molar refractivity (Wildman–Crippen MR) is 62.1 cm³/mol. The van der Waals surface area contributed by atoms with Crippen molar-refractivity contribution in [2.45, 2.75) is 25.8 Å². The number of carbonyl (C=O) groups is 1. The molecule has 0 atom stereocenters. The monoisotopic (exact) mass is 245 g/mol. The van der Waals surface area contributed by atoms with Gasteiger partial charge in [-0.2, -0.15) is 0 Å². The second-order valence-corrected chi connectivity index (χ2v) is 3.92. The Morgan fingerprint density at radius 2 is 2.00 bits per heavy atom. The van der Waals surface area contributed by atoms with Crippen molar-refractivity contribution in [1.29, 1.82) is 0 Å². The number of rotatable bonds is 6. The lowest BCUT2D eigenvalue weighted by atomic mass is 10.2. The minimum absolute atomic E-state index is 0.0722. The van der Waals surface area contributed by atoms with Crippen LogP contribution < -0.4 is 5.11 Å². The van der Waals surface area contributed by atoms with E-state index in [0.29, 0.717) is 25.2 Å². The van der Waals surface area contributed by atoms with Gasteiger partial charge in [-0.15, -0.1) is 5.10 Å². The highest BCUT2D eigenvalue weighted by atomic mass is 16.4. The Bertz CT molecular complexity index is 510. The summed E-state index contributed by atoms with van der Waals surface area (Å²) in [4.78, 5) is 10.3. The number of unbranched alkanes of at least 4 members (excludes halogenated alkanes) is 1. The smallest absolute Gasteiger partial charge is 0.182 e. The maximum absolute atomic E-state index is 10.3. The van der Waals surface area contributed by atoms with Crippen molar-refractivity contribution in [1.82, 2.24) is 20.2 Å². The van der Waals surface area contributed by atoms with Crippen LogP contribution in [-0.2, 0) is 11.3 Å². The van der Waals surface area contributed by atoms with Crippen molar-refractivity contribution in [3.05, 3.63) is 30.3 Å². The van der Waals surface area contributed by atoms with Crippen LogP contribution in [0.5, 0.6) is 0 Å². The SMILES string of the molecule is O=C([O-])CCCCn1nnnc1-c1ccccc1. The quantitative estimate of drug-likeness (QED) is 0.681. The van der Waals surface area contributed by atoms with Crippen LogP contribution in [0.3, 0.4) is 0 Å². The van der Waals surface area contributed by atoms with Crippen molar-refractivity contribution >= 4 is 5.97 Å². The first kappa shape index (κ1) is 12.2. The fraction of sp³-hybridized carbons (Fsp3) is 0.333. The number of tetrazole rings is 1. The molecule has 0 unspecified atom stereocenters. The van der Waals surface area contributed by atoms with Gasteiger partial charge in [-0.05, 0) is 29.7 Å². The summed E-state index contributed by atoms with van der Waals surface area (Å²) in [5.74, 6) is -0.320. The van der Waals surface area contributed by atoms with Crippen molar-refractivity contribution in [2.75, 3.05) is 0 Å². The molecule has 2 aromatic rings. The van der Waals surface area contributed by atoms with E-state index in [1.165, 1.54) is 0 Å². The molecule has 0 radical (unpaired) electrons. The van der Waals surface area contributed by atoms with Gasteiger partial charge in [0.2, 0.25) is 0 Å². The molecule has 6 nitrogen and oxygen atoms in total. The fourth-order valence-corrected chi connectivity index (χ4v) is 1.68. The topological polar surface area (TPSA) is 83.7 Å². The lowest BCUT2D eigenvalue weighted by Crippen LogP contribution is -2.21. The molecule has 1 aromatic carbocycles. The average molecular weight is 245 g/mol. The Kier molecular flexibility index (Phi) is 4.01. The summed E-state index contributed by atoms with van der Waals surface area (Å²) in [5.41, 5.74) is 0.947. The molecule has 0 aliphatic carbocycles. The summed E-state index contributed by atoms with van der Waals surface area (Å²) in [7, 11) is 0. The van der Waals surface area contributed by atoms with Gasteiger partial charge in [-0.1, -0.05) is 30.3 Å². The number of carbonyl (C=O) groups excluding carboxylic acids is 1. The molecule has 0 fully saturated rings. The number of aliphatic carboxylic acids is 1. The molecular weight excluding hydrogens is 232 g/mol. The summed E-state index contributed by atoms with van der Waals surface area (Å²) in [6.07, 6.45) is 1.35. The van der Waals surface area contributed by atoms with Crippen LogP contribution in [0.4, 0.5) is 0 Å². The molecule has 0 saturated heterocycles. The zero-order valence-electron chi connectivity index (χ0n) is 9.82. The van der Waals surface area contributed by atoms with Crippen LogP contribution in [0.2, 0.25) is 0 Å². The van der Waals surface area contributed by atoms with Gasteiger partial charge in [0.1, 0.15) is 0 Å². The molecule has 1 aromatic heterocycles. The van der Waals surface area contributed by atoms with Gasteiger partial charge < -0.3 is 9.90 Å². The number of benzene rings is 1. The van der Waals surface area contributed by atoms with Gasteiger partial charge in [-0.3, -0.25) is 0 Å². The van der Waals surface area contributed by atoms with Gasteiger partial charge in [0, 0.05) is 18.1 Å². The van der Waals surface area contributed by atoms with Crippen LogP contribution in [0.15, 0.2) is 30.3 Å². The number of aryl methyl sites for hydroxylation is 1. The largest absolute Gasteiger partial charge is 0.550 e. The Hall–Kier alpha value is -2.24. The van der Waals surface area contributed by atoms with Gasteiger partial charge in [-0.25, -0.2) is 4.68 Å². The fourth-order valence-electron chi connectivity index (χ4n) is 1.68. The molecule has 0 saturated carbocycles. The number of aromatic nitrogens is 4. The molecule has 18 heavy (non-hydrogen) atoms. The van der Waals surface area contributed by atoms with Crippen molar-refractivity contribution in [3.8, 4) is 11.4 Å². The minimum Gasteiger partial charge on any atom is -0.550 e. The van der Waals surface area contributed by atoms with Crippen LogP contribution in [-0.4, -0.2) is 26.2 Å². The van der Waals surface area contributed by atoms with E-state index in [4.69, 9.17) is 0 Å². The zero-order chi connectivity index (χ0) is 12.8. The van der Waals surface area contributed by atoms with Crippen LogP contribution in [0.1, 0.15) is 19.3 Å². The maximum atomic E-state index is 10.3. The summed E-state index contributed by atoms with van der Waals surface area (Å²) in [6.45, 7) is 0.602. The molecule has 0 amide bonds. The number of hydrogen-bond donors (Lipinski definition) is 0. The van der Waals surface area contributed by atoms with Gasteiger partial charge in [0.25, 0.3) is 0 Å². The third-order valence-electron chi connectivity index (χ3n) is 2.56. The third kappa shape index (κ3) is 3.13. The van der Waals surface area contributed by atoms with E-state index in [1.807, 2.05) is 30.3 Å². The van der Waals surface area contributed by atoms with Gasteiger partial charge in [0.05, 0.1) is 0 Å². The van der Waals surface area contributed by atoms with Crippen molar-refractivity contribution in [3.63, 3.8) is 0 Å². The molecule has 0 N–H and O–H groups in total. The van der Waals surface area contributed by atoms with Gasteiger partial charge >= 0.3 is 0 Å². The molecule has 0 aliphatic heterocycles. The van der Waals surface area contributed by atoms with E-state index in [0.717, 1.165) is 5.56 Å².